The van der Waals surface area contributed by atoms with Crippen molar-refractivity contribution in [3.05, 3.63) is 23.5 Å². The summed E-state index contributed by atoms with van der Waals surface area (Å²) < 4.78 is 36.3. The molecule has 6 heteroatoms. The van der Waals surface area contributed by atoms with Gasteiger partial charge in [-0.3, -0.25) is 5.84 Å². The Bertz CT molecular complexity index is 308. The van der Waals surface area contributed by atoms with Gasteiger partial charge in [-0.2, -0.15) is 13.2 Å². The first-order valence-electron chi connectivity index (χ1n) is 3.45. The molecule has 0 aliphatic heterocycles. The minimum absolute atomic E-state index is 0.382. The van der Waals surface area contributed by atoms with E-state index in [2.05, 4.69) is 10.4 Å². The third-order valence-corrected chi connectivity index (χ3v) is 1.56. The second kappa shape index (κ2) is 3.21. The maximum absolute atomic E-state index is 12.1. The van der Waals surface area contributed by atoms with Gasteiger partial charge in [-0.05, 0) is 18.6 Å². The Hall–Kier alpha value is -1.30. The fraction of sp³-hybridized carbons (Fsp3) is 0.286. The Morgan fingerprint density at radius 2 is 2.08 bits per heavy atom. The minimum atomic E-state index is -4.40. The average Bonchev–Trinajstić information content (AvgIpc) is 2.02. The van der Waals surface area contributed by atoms with Gasteiger partial charge in [0.1, 0.15) is 5.69 Å². The molecule has 0 saturated carbocycles. The van der Waals surface area contributed by atoms with Crippen molar-refractivity contribution in [2.45, 2.75) is 13.1 Å². The smallest absolute Gasteiger partial charge is 0.322 e. The number of alkyl halides is 3. The van der Waals surface area contributed by atoms with Crippen LogP contribution in [0.5, 0.6) is 0 Å². The quantitative estimate of drug-likeness (QED) is 0.524. The highest BCUT2D eigenvalue weighted by Crippen LogP contribution is 2.29. The number of anilines is 1. The number of aromatic nitrogens is 1. The second-order valence-corrected chi connectivity index (χ2v) is 2.53. The van der Waals surface area contributed by atoms with Crippen molar-refractivity contribution in [3.63, 3.8) is 0 Å². The molecule has 1 heterocycles. The van der Waals surface area contributed by atoms with E-state index in [4.69, 9.17) is 5.84 Å². The molecule has 3 N–H and O–H groups in total. The van der Waals surface area contributed by atoms with Gasteiger partial charge in [0.15, 0.2) is 0 Å². The van der Waals surface area contributed by atoms with Crippen LogP contribution in [0.3, 0.4) is 0 Å². The molecule has 0 spiro atoms. The first kappa shape index (κ1) is 9.79. The summed E-state index contributed by atoms with van der Waals surface area (Å²) in [6, 6.07) is 0.940. The van der Waals surface area contributed by atoms with Crippen LogP contribution in [-0.2, 0) is 6.18 Å². The van der Waals surface area contributed by atoms with Gasteiger partial charge in [-0.25, -0.2) is 4.98 Å². The number of nitrogens with two attached hydrogens (primary N) is 1. The zero-order valence-corrected chi connectivity index (χ0v) is 6.81. The number of hydrogen-bond acceptors (Lipinski definition) is 3. The number of halogens is 3. The molecule has 0 saturated heterocycles. The summed E-state index contributed by atoms with van der Waals surface area (Å²) in [5.74, 6) is 5.04. The van der Waals surface area contributed by atoms with Crippen molar-refractivity contribution in [1.82, 2.24) is 4.98 Å². The maximum atomic E-state index is 12.1. The van der Waals surface area contributed by atoms with Gasteiger partial charge in [0.25, 0.3) is 0 Å². The van der Waals surface area contributed by atoms with Crippen LogP contribution in [0.2, 0.25) is 0 Å². The van der Waals surface area contributed by atoms with Gasteiger partial charge in [0, 0.05) is 0 Å². The molecule has 0 atom stereocenters. The van der Waals surface area contributed by atoms with Crippen LogP contribution in [0.4, 0.5) is 18.9 Å². The first-order chi connectivity index (χ1) is 5.95. The fourth-order valence-electron chi connectivity index (χ4n) is 0.862. The molecular weight excluding hydrogens is 183 g/mol. The molecule has 13 heavy (non-hydrogen) atoms. The van der Waals surface area contributed by atoms with E-state index in [0.717, 1.165) is 12.3 Å². The number of hydrogen-bond donors (Lipinski definition) is 2. The van der Waals surface area contributed by atoms with E-state index in [-0.39, 0.29) is 0 Å². The highest BCUT2D eigenvalue weighted by Gasteiger charge is 2.32. The maximum Gasteiger partial charge on any atom is 0.433 e. The molecule has 0 aliphatic carbocycles. The van der Waals surface area contributed by atoms with Crippen molar-refractivity contribution >= 4 is 5.69 Å². The summed E-state index contributed by atoms with van der Waals surface area (Å²) in [6.45, 7) is 1.52. The summed E-state index contributed by atoms with van der Waals surface area (Å²) >= 11 is 0. The Morgan fingerprint density at radius 1 is 1.46 bits per heavy atom. The Balaban J connectivity index is 3.10. The molecular formula is C7H8F3N3. The molecule has 1 aromatic heterocycles. The topological polar surface area (TPSA) is 50.9 Å². The van der Waals surface area contributed by atoms with Gasteiger partial charge >= 0.3 is 6.18 Å². The minimum Gasteiger partial charge on any atom is -0.322 e. The van der Waals surface area contributed by atoms with Crippen LogP contribution in [0, 0.1) is 6.92 Å². The summed E-state index contributed by atoms with van der Waals surface area (Å²) in [6.07, 6.45) is -3.35. The summed E-state index contributed by atoms with van der Waals surface area (Å²) in [5.41, 5.74) is 2.12. The number of aryl methyl sites for hydroxylation is 1. The predicted octanol–water partition coefficient (Wildman–Crippen LogP) is 1.69. The van der Waals surface area contributed by atoms with Gasteiger partial charge < -0.3 is 5.43 Å². The number of hydrazine groups is 1. The van der Waals surface area contributed by atoms with Crippen molar-refractivity contribution in [3.8, 4) is 0 Å². The SMILES string of the molecule is Cc1cc(C(F)(F)F)ncc1NN. The van der Waals surface area contributed by atoms with Crippen molar-refractivity contribution in [2.24, 2.45) is 5.84 Å². The lowest BCUT2D eigenvalue weighted by Gasteiger charge is -2.08. The number of nitrogens with one attached hydrogen (secondary N) is 1. The van der Waals surface area contributed by atoms with Crippen LogP contribution in [0.1, 0.15) is 11.3 Å². The third kappa shape index (κ3) is 2.09. The highest BCUT2D eigenvalue weighted by atomic mass is 19.4. The molecule has 0 amide bonds. The van der Waals surface area contributed by atoms with Crippen LogP contribution in [0.25, 0.3) is 0 Å². The van der Waals surface area contributed by atoms with Crippen molar-refractivity contribution in [2.75, 3.05) is 5.43 Å². The van der Waals surface area contributed by atoms with Crippen molar-refractivity contribution in [1.29, 1.82) is 0 Å². The van der Waals surface area contributed by atoms with Gasteiger partial charge in [-0.15, -0.1) is 0 Å². The zero-order chi connectivity index (χ0) is 10.1. The van der Waals surface area contributed by atoms with Crippen molar-refractivity contribution < 1.29 is 13.2 Å². The van der Waals surface area contributed by atoms with E-state index in [1.807, 2.05) is 0 Å². The molecule has 1 rings (SSSR count). The Kier molecular flexibility index (Phi) is 2.42. The number of nitrogen functional groups attached to an aromatic ring is 1. The van der Waals surface area contributed by atoms with Gasteiger partial charge in [-0.1, -0.05) is 0 Å². The number of nitrogens with zero attached hydrogens (tertiary/aromatic N) is 1. The lowest BCUT2D eigenvalue weighted by Crippen LogP contribution is -2.12. The van der Waals surface area contributed by atoms with E-state index in [9.17, 15) is 13.2 Å². The molecule has 1 aromatic rings. The predicted molar refractivity (Wildman–Crippen MR) is 41.8 cm³/mol. The summed E-state index contributed by atoms with van der Waals surface area (Å²) in [4.78, 5) is 3.21. The Morgan fingerprint density at radius 3 is 2.46 bits per heavy atom. The molecule has 72 valence electrons. The molecule has 0 radical (unpaired) electrons. The first-order valence-corrected chi connectivity index (χ1v) is 3.45. The molecule has 0 bridgehead atoms. The molecule has 0 unspecified atom stereocenters. The standard InChI is InChI=1S/C7H8F3N3/c1-4-2-6(7(8,9)10)12-3-5(4)13-11/h2-3,13H,11H2,1H3. The van der Waals surface area contributed by atoms with Crippen LogP contribution in [-0.4, -0.2) is 4.98 Å². The van der Waals surface area contributed by atoms with E-state index >= 15 is 0 Å². The van der Waals surface area contributed by atoms with E-state index < -0.39 is 11.9 Å². The largest absolute Gasteiger partial charge is 0.433 e. The van der Waals surface area contributed by atoms with E-state index in [1.54, 1.807) is 0 Å². The van der Waals surface area contributed by atoms with Crippen LogP contribution >= 0.6 is 0 Å². The third-order valence-electron chi connectivity index (χ3n) is 1.56. The fourth-order valence-corrected chi connectivity index (χ4v) is 0.862. The zero-order valence-electron chi connectivity index (χ0n) is 6.81. The Labute approximate surface area is 72.7 Å². The molecule has 0 fully saturated rings. The van der Waals surface area contributed by atoms with Gasteiger partial charge in [0.2, 0.25) is 0 Å². The lowest BCUT2D eigenvalue weighted by molar-refractivity contribution is -0.141. The lowest BCUT2D eigenvalue weighted by atomic mass is 10.2. The number of rotatable bonds is 1. The molecule has 0 aromatic carbocycles. The van der Waals surface area contributed by atoms with E-state index in [1.165, 1.54) is 6.92 Å². The summed E-state index contributed by atoms with van der Waals surface area (Å²) in [7, 11) is 0. The molecule has 0 aliphatic rings. The monoisotopic (exact) mass is 191 g/mol. The van der Waals surface area contributed by atoms with Crippen LogP contribution in [0.15, 0.2) is 12.3 Å². The normalized spacial score (nSPS) is 11.5. The molecule has 3 nitrogen and oxygen atoms in total. The summed E-state index contributed by atoms with van der Waals surface area (Å²) in [5, 5.41) is 0. The second-order valence-electron chi connectivity index (χ2n) is 2.53. The van der Waals surface area contributed by atoms with Crippen LogP contribution < -0.4 is 11.3 Å². The number of pyridine rings is 1. The average molecular weight is 191 g/mol. The highest BCUT2D eigenvalue weighted by molar-refractivity contribution is 5.48. The van der Waals surface area contributed by atoms with Gasteiger partial charge in [0.05, 0.1) is 11.9 Å². The van der Waals surface area contributed by atoms with E-state index in [0.29, 0.717) is 11.3 Å².